The van der Waals surface area contributed by atoms with Crippen molar-refractivity contribution >= 4 is 29.5 Å². The largest absolute Gasteiger partial charge is 0.465 e. The average Bonchev–Trinajstić information content (AvgIpc) is 2.53. The normalized spacial score (nSPS) is 10.2. The predicted octanol–water partition coefficient (Wildman–Crippen LogP) is 3.22. The van der Waals surface area contributed by atoms with Gasteiger partial charge < -0.3 is 4.74 Å². The molecule has 7 nitrogen and oxygen atoms in total. The molecule has 0 amide bonds. The fourth-order valence-electron chi connectivity index (χ4n) is 2.22. The highest BCUT2D eigenvalue weighted by Gasteiger charge is 2.24. The fourth-order valence-corrected chi connectivity index (χ4v) is 2.48. The number of rotatable bonds is 4. The van der Waals surface area contributed by atoms with Crippen molar-refractivity contribution in [2.45, 2.75) is 6.92 Å². The average molecular weight is 335 g/mol. The van der Waals surface area contributed by atoms with E-state index >= 15 is 0 Å². The molecule has 0 bridgehead atoms. The van der Waals surface area contributed by atoms with Crippen molar-refractivity contribution in [3.8, 4) is 11.1 Å². The van der Waals surface area contributed by atoms with Gasteiger partial charge in [0, 0.05) is 17.7 Å². The van der Waals surface area contributed by atoms with Crippen molar-refractivity contribution in [3.63, 3.8) is 0 Å². The highest BCUT2D eigenvalue weighted by atomic mass is 35.5. The van der Waals surface area contributed by atoms with E-state index in [0.29, 0.717) is 11.8 Å². The number of nitro benzene ring substituents is 1. The van der Waals surface area contributed by atoms with E-state index in [4.69, 9.17) is 16.3 Å². The van der Waals surface area contributed by atoms with Gasteiger partial charge in [-0.1, -0.05) is 23.7 Å². The lowest BCUT2D eigenvalue weighted by Crippen LogP contribution is -2.11. The molecule has 0 aliphatic rings. The van der Waals surface area contributed by atoms with Crippen LogP contribution in [0.4, 0.5) is 5.69 Å². The van der Waals surface area contributed by atoms with E-state index in [0.717, 1.165) is 0 Å². The number of hydrogen-bond acceptors (Lipinski definition) is 6. The first-order valence-electron chi connectivity index (χ1n) is 6.39. The number of nitrogens with zero attached hydrogens (tertiary/aromatic N) is 2. The summed E-state index contributed by atoms with van der Waals surface area (Å²) in [4.78, 5) is 37.8. The van der Waals surface area contributed by atoms with Crippen LogP contribution >= 0.6 is 11.6 Å². The van der Waals surface area contributed by atoms with Crippen molar-refractivity contribution in [2.24, 2.45) is 0 Å². The molecule has 1 aromatic carbocycles. The molecule has 2 aromatic rings. The van der Waals surface area contributed by atoms with Gasteiger partial charge in [-0.3, -0.25) is 14.9 Å². The summed E-state index contributed by atoms with van der Waals surface area (Å²) in [5.41, 5.74) is 0.550. The number of benzene rings is 1. The molecular formula is C15H11ClN2O5. The number of hydrogen-bond donors (Lipinski definition) is 0. The zero-order chi connectivity index (χ0) is 17.1. The van der Waals surface area contributed by atoms with Gasteiger partial charge in [-0.2, -0.15) is 0 Å². The second-order valence-electron chi connectivity index (χ2n) is 4.57. The Balaban J connectivity index is 2.88. The van der Waals surface area contributed by atoms with Gasteiger partial charge in [-0.05, 0) is 12.5 Å². The summed E-state index contributed by atoms with van der Waals surface area (Å²) in [6.45, 7) is 1.54. The van der Waals surface area contributed by atoms with Gasteiger partial charge in [0.1, 0.15) is 5.15 Å². The van der Waals surface area contributed by atoms with E-state index in [1.807, 2.05) is 0 Å². The molecule has 0 atom stereocenters. The molecule has 1 aromatic heterocycles. The van der Waals surface area contributed by atoms with Gasteiger partial charge in [-0.15, -0.1) is 0 Å². The van der Waals surface area contributed by atoms with Crippen LogP contribution < -0.4 is 0 Å². The first-order valence-corrected chi connectivity index (χ1v) is 6.77. The highest BCUT2D eigenvalue weighted by molar-refractivity contribution is 6.32. The maximum atomic E-state index is 12.1. The predicted molar refractivity (Wildman–Crippen MR) is 82.8 cm³/mol. The smallest absolute Gasteiger partial charge is 0.340 e. The third-order valence-electron chi connectivity index (χ3n) is 3.22. The lowest BCUT2D eigenvalue weighted by atomic mass is 9.94. The molecule has 0 spiro atoms. The third-order valence-corrected chi connectivity index (χ3v) is 3.51. The lowest BCUT2D eigenvalue weighted by Gasteiger charge is -2.14. The number of ether oxygens (including phenoxy) is 1. The molecule has 0 fully saturated rings. The molecule has 0 aliphatic carbocycles. The van der Waals surface area contributed by atoms with Crippen LogP contribution in [0.25, 0.3) is 11.1 Å². The Labute approximate surface area is 136 Å². The van der Waals surface area contributed by atoms with E-state index in [2.05, 4.69) is 4.98 Å². The monoisotopic (exact) mass is 334 g/mol. The highest BCUT2D eigenvalue weighted by Crippen LogP contribution is 2.34. The number of esters is 1. The van der Waals surface area contributed by atoms with Crippen LogP contribution in [0.15, 0.2) is 24.3 Å². The number of methoxy groups -OCH3 is 1. The van der Waals surface area contributed by atoms with E-state index in [-0.39, 0.29) is 33.2 Å². The molecule has 0 radical (unpaired) electrons. The zero-order valence-corrected chi connectivity index (χ0v) is 13.0. The van der Waals surface area contributed by atoms with Crippen molar-refractivity contribution < 1.29 is 19.2 Å². The first kappa shape index (κ1) is 16.6. The van der Waals surface area contributed by atoms with Gasteiger partial charge in [0.25, 0.3) is 5.69 Å². The molecule has 118 valence electrons. The van der Waals surface area contributed by atoms with Gasteiger partial charge >= 0.3 is 5.97 Å². The molecule has 1 heterocycles. The number of carbonyl (C=O) groups excluding carboxylic acids is 2. The van der Waals surface area contributed by atoms with Crippen molar-refractivity contribution in [1.29, 1.82) is 0 Å². The minimum Gasteiger partial charge on any atom is -0.465 e. The molecule has 0 saturated carbocycles. The maximum absolute atomic E-state index is 12.1. The topological polar surface area (TPSA) is 99.4 Å². The SMILES string of the molecule is COC(=O)c1c(C)nc(Cl)c(C=O)c1-c1cccc([N+](=O)[O-])c1. The standard InChI is InChI=1S/C15H11ClN2O5/c1-8-12(15(20)23-2)13(11(7-19)14(16)17-8)9-4-3-5-10(6-9)18(21)22/h3-7H,1-2H3. The molecule has 23 heavy (non-hydrogen) atoms. The summed E-state index contributed by atoms with van der Waals surface area (Å²) < 4.78 is 4.72. The van der Waals surface area contributed by atoms with Crippen LogP contribution in [0.2, 0.25) is 5.15 Å². The van der Waals surface area contributed by atoms with Gasteiger partial charge in [0.2, 0.25) is 0 Å². The number of non-ortho nitro benzene ring substituents is 1. The van der Waals surface area contributed by atoms with E-state index in [9.17, 15) is 19.7 Å². The first-order chi connectivity index (χ1) is 10.9. The Hall–Kier alpha value is -2.80. The minimum atomic E-state index is -0.712. The van der Waals surface area contributed by atoms with Crippen LogP contribution in [0, 0.1) is 17.0 Å². The quantitative estimate of drug-likeness (QED) is 0.280. The molecule has 0 N–H and O–H groups in total. The van der Waals surface area contributed by atoms with Gasteiger partial charge in [0.15, 0.2) is 6.29 Å². The van der Waals surface area contributed by atoms with Crippen LogP contribution in [-0.4, -0.2) is 29.3 Å². The second-order valence-corrected chi connectivity index (χ2v) is 4.93. The van der Waals surface area contributed by atoms with Gasteiger partial charge in [0.05, 0.1) is 28.9 Å². The Bertz CT molecular complexity index is 820. The Morgan fingerprint density at radius 2 is 2.13 bits per heavy atom. The van der Waals surface area contributed by atoms with Crippen LogP contribution in [0.5, 0.6) is 0 Å². The summed E-state index contributed by atoms with van der Waals surface area (Å²) in [5, 5.41) is 10.9. The van der Waals surface area contributed by atoms with E-state index < -0.39 is 10.9 Å². The summed E-state index contributed by atoms with van der Waals surface area (Å²) in [6, 6.07) is 5.55. The summed E-state index contributed by atoms with van der Waals surface area (Å²) >= 11 is 5.98. The Kier molecular flexibility index (Phi) is 4.71. The molecule has 8 heteroatoms. The number of pyridine rings is 1. The molecule has 0 unspecified atom stereocenters. The fraction of sp³-hybridized carbons (Fsp3) is 0.133. The second kappa shape index (κ2) is 6.53. The third kappa shape index (κ3) is 3.04. The molecule has 0 saturated heterocycles. The number of aromatic nitrogens is 1. The lowest BCUT2D eigenvalue weighted by molar-refractivity contribution is -0.384. The zero-order valence-electron chi connectivity index (χ0n) is 12.2. The van der Waals surface area contributed by atoms with Gasteiger partial charge in [-0.25, -0.2) is 9.78 Å². The molecule has 0 aliphatic heterocycles. The molecule has 2 rings (SSSR count). The number of carbonyl (C=O) groups is 2. The number of aldehydes is 1. The van der Waals surface area contributed by atoms with E-state index in [1.54, 1.807) is 0 Å². The summed E-state index contributed by atoms with van der Waals surface area (Å²) in [5.74, 6) is -0.712. The van der Waals surface area contributed by atoms with E-state index in [1.165, 1.54) is 38.3 Å². The van der Waals surface area contributed by atoms with Crippen LogP contribution in [0.1, 0.15) is 26.4 Å². The van der Waals surface area contributed by atoms with Crippen molar-refractivity contribution in [2.75, 3.05) is 7.11 Å². The van der Waals surface area contributed by atoms with Crippen molar-refractivity contribution in [1.82, 2.24) is 4.98 Å². The number of aryl methyl sites for hydroxylation is 1. The Morgan fingerprint density at radius 1 is 1.43 bits per heavy atom. The van der Waals surface area contributed by atoms with Crippen LogP contribution in [0.3, 0.4) is 0 Å². The minimum absolute atomic E-state index is 0.0295. The van der Waals surface area contributed by atoms with Crippen molar-refractivity contribution in [3.05, 3.63) is 56.4 Å². The van der Waals surface area contributed by atoms with Crippen LogP contribution in [-0.2, 0) is 4.74 Å². The summed E-state index contributed by atoms with van der Waals surface area (Å²) in [6.07, 6.45) is 0.454. The summed E-state index contributed by atoms with van der Waals surface area (Å²) in [7, 11) is 1.19. The Morgan fingerprint density at radius 3 is 2.70 bits per heavy atom. The number of nitro groups is 1. The maximum Gasteiger partial charge on any atom is 0.340 e. The number of halogens is 1. The molecular weight excluding hydrogens is 324 g/mol.